The predicted octanol–water partition coefficient (Wildman–Crippen LogP) is 2.09. The number of hydrogen-bond acceptors (Lipinski definition) is 2. The largest absolute Gasteiger partial charge is 0.316 e. The summed E-state index contributed by atoms with van der Waals surface area (Å²) in [6, 6.07) is 0. The van der Waals surface area contributed by atoms with Crippen LogP contribution >= 0.6 is 0 Å². The lowest BCUT2D eigenvalue weighted by molar-refractivity contribution is -0.126. The zero-order chi connectivity index (χ0) is 10.7. The van der Waals surface area contributed by atoms with Crippen molar-refractivity contribution in [3.8, 4) is 0 Å². The number of carbonyl (C=O) groups is 1. The van der Waals surface area contributed by atoms with Gasteiger partial charge in [0.25, 0.3) is 0 Å². The molecule has 0 radical (unpaired) electrons. The number of carbonyl (C=O) groups excluding carboxylic acids is 1. The Balaban J connectivity index is 2.55. The molecule has 1 N–H and O–H groups in total. The van der Waals surface area contributed by atoms with Crippen molar-refractivity contribution >= 4 is 5.78 Å². The van der Waals surface area contributed by atoms with Crippen molar-refractivity contribution in [2.24, 2.45) is 23.7 Å². The van der Waals surface area contributed by atoms with Gasteiger partial charge in [-0.25, -0.2) is 0 Å². The minimum atomic E-state index is 0.189. The summed E-state index contributed by atoms with van der Waals surface area (Å²) in [7, 11) is 0. The zero-order valence-electron chi connectivity index (χ0n) is 9.84. The van der Waals surface area contributed by atoms with E-state index in [1.54, 1.807) is 0 Å². The molecule has 1 saturated heterocycles. The Labute approximate surface area is 87.5 Å². The van der Waals surface area contributed by atoms with Crippen molar-refractivity contribution in [1.29, 1.82) is 0 Å². The lowest BCUT2D eigenvalue weighted by Gasteiger charge is -2.20. The first kappa shape index (κ1) is 11.7. The van der Waals surface area contributed by atoms with Crippen molar-refractivity contribution in [2.45, 2.75) is 34.1 Å². The first-order chi connectivity index (χ1) is 6.52. The number of ketones is 1. The van der Waals surface area contributed by atoms with E-state index in [0.717, 1.165) is 13.1 Å². The molecule has 0 spiro atoms. The molecule has 1 aliphatic rings. The highest BCUT2D eigenvalue weighted by Crippen LogP contribution is 2.26. The Morgan fingerprint density at radius 3 is 2.43 bits per heavy atom. The second kappa shape index (κ2) is 4.92. The highest BCUT2D eigenvalue weighted by Gasteiger charge is 2.33. The molecule has 1 heterocycles. The molecule has 1 rings (SSSR count). The van der Waals surface area contributed by atoms with Crippen molar-refractivity contribution < 1.29 is 4.79 Å². The third kappa shape index (κ3) is 2.81. The van der Waals surface area contributed by atoms with Gasteiger partial charge in [0.2, 0.25) is 0 Å². The molecule has 1 aliphatic heterocycles. The van der Waals surface area contributed by atoms with Crippen LogP contribution in [0.15, 0.2) is 0 Å². The Morgan fingerprint density at radius 1 is 1.29 bits per heavy atom. The van der Waals surface area contributed by atoms with Gasteiger partial charge in [-0.2, -0.15) is 0 Å². The lowest BCUT2D eigenvalue weighted by atomic mass is 9.82. The van der Waals surface area contributed by atoms with Crippen LogP contribution in [0.2, 0.25) is 0 Å². The average molecular weight is 197 g/mol. The topological polar surface area (TPSA) is 29.1 Å². The fourth-order valence-corrected chi connectivity index (χ4v) is 2.35. The fourth-order valence-electron chi connectivity index (χ4n) is 2.35. The first-order valence-corrected chi connectivity index (χ1v) is 5.76. The van der Waals surface area contributed by atoms with E-state index in [1.807, 2.05) is 13.8 Å². The SMILES string of the molecule is CC(C)CC1CNCC1C(=O)C(C)C. The summed E-state index contributed by atoms with van der Waals surface area (Å²) in [6.07, 6.45) is 1.18. The van der Waals surface area contributed by atoms with E-state index in [9.17, 15) is 4.79 Å². The van der Waals surface area contributed by atoms with E-state index >= 15 is 0 Å². The molecule has 0 aliphatic carbocycles. The van der Waals surface area contributed by atoms with Crippen LogP contribution in [0.4, 0.5) is 0 Å². The highest BCUT2D eigenvalue weighted by atomic mass is 16.1. The van der Waals surface area contributed by atoms with Crippen LogP contribution in [0.1, 0.15) is 34.1 Å². The molecule has 0 bridgehead atoms. The van der Waals surface area contributed by atoms with E-state index in [2.05, 4.69) is 19.2 Å². The van der Waals surface area contributed by atoms with Crippen LogP contribution in [0, 0.1) is 23.7 Å². The van der Waals surface area contributed by atoms with Crippen molar-refractivity contribution in [1.82, 2.24) is 5.32 Å². The monoisotopic (exact) mass is 197 g/mol. The average Bonchev–Trinajstić information content (AvgIpc) is 2.49. The third-order valence-corrected chi connectivity index (χ3v) is 3.05. The maximum Gasteiger partial charge on any atom is 0.140 e. The number of nitrogens with one attached hydrogen (secondary N) is 1. The van der Waals surface area contributed by atoms with Gasteiger partial charge in [-0.05, 0) is 24.8 Å². The number of rotatable bonds is 4. The standard InChI is InChI=1S/C12H23NO/c1-8(2)5-10-6-13-7-11(10)12(14)9(3)4/h8-11,13H,5-7H2,1-4H3. The summed E-state index contributed by atoms with van der Waals surface area (Å²) in [5.41, 5.74) is 0. The Kier molecular flexibility index (Phi) is 4.11. The maximum atomic E-state index is 11.9. The minimum Gasteiger partial charge on any atom is -0.316 e. The summed E-state index contributed by atoms with van der Waals surface area (Å²) in [5.74, 6) is 2.18. The molecule has 0 aromatic heterocycles. The number of hydrogen-bond donors (Lipinski definition) is 1. The number of Topliss-reactive ketones (excluding diaryl/α,β-unsaturated/α-hetero) is 1. The lowest BCUT2D eigenvalue weighted by Crippen LogP contribution is -2.27. The van der Waals surface area contributed by atoms with E-state index in [-0.39, 0.29) is 11.8 Å². The van der Waals surface area contributed by atoms with Crippen molar-refractivity contribution in [2.75, 3.05) is 13.1 Å². The molecule has 2 unspecified atom stereocenters. The summed E-state index contributed by atoms with van der Waals surface area (Å²) in [6.45, 7) is 10.4. The maximum absolute atomic E-state index is 11.9. The van der Waals surface area contributed by atoms with Gasteiger partial charge < -0.3 is 5.32 Å². The van der Waals surface area contributed by atoms with Crippen LogP contribution in [0.3, 0.4) is 0 Å². The van der Waals surface area contributed by atoms with Gasteiger partial charge in [0, 0.05) is 18.4 Å². The second-order valence-corrected chi connectivity index (χ2v) is 5.21. The molecule has 0 amide bonds. The normalized spacial score (nSPS) is 27.6. The van der Waals surface area contributed by atoms with Gasteiger partial charge in [-0.1, -0.05) is 27.7 Å². The Bertz CT molecular complexity index is 198. The van der Waals surface area contributed by atoms with E-state index in [0.29, 0.717) is 17.6 Å². The van der Waals surface area contributed by atoms with Crippen LogP contribution in [-0.4, -0.2) is 18.9 Å². The van der Waals surface area contributed by atoms with Gasteiger partial charge in [0.15, 0.2) is 0 Å². The molecule has 82 valence electrons. The Morgan fingerprint density at radius 2 is 1.93 bits per heavy atom. The van der Waals surface area contributed by atoms with Crippen LogP contribution in [-0.2, 0) is 4.79 Å². The molecule has 1 fully saturated rings. The van der Waals surface area contributed by atoms with Crippen LogP contribution in [0.5, 0.6) is 0 Å². The third-order valence-electron chi connectivity index (χ3n) is 3.05. The molecule has 0 aromatic carbocycles. The molecular formula is C12H23NO. The summed E-state index contributed by atoms with van der Waals surface area (Å²) >= 11 is 0. The molecule has 2 atom stereocenters. The van der Waals surface area contributed by atoms with Crippen molar-refractivity contribution in [3.63, 3.8) is 0 Å². The molecular weight excluding hydrogens is 174 g/mol. The van der Waals surface area contributed by atoms with E-state index in [1.165, 1.54) is 6.42 Å². The molecule has 2 heteroatoms. The summed E-state index contributed by atoms with van der Waals surface area (Å²) in [4.78, 5) is 11.9. The van der Waals surface area contributed by atoms with Gasteiger partial charge in [0.1, 0.15) is 5.78 Å². The van der Waals surface area contributed by atoms with Crippen LogP contribution in [0.25, 0.3) is 0 Å². The molecule has 14 heavy (non-hydrogen) atoms. The highest BCUT2D eigenvalue weighted by molar-refractivity contribution is 5.83. The van der Waals surface area contributed by atoms with Gasteiger partial charge >= 0.3 is 0 Å². The second-order valence-electron chi connectivity index (χ2n) is 5.21. The molecule has 2 nitrogen and oxygen atoms in total. The summed E-state index contributed by atoms with van der Waals surface area (Å²) in [5, 5.41) is 3.34. The first-order valence-electron chi connectivity index (χ1n) is 5.76. The van der Waals surface area contributed by atoms with E-state index < -0.39 is 0 Å². The zero-order valence-corrected chi connectivity index (χ0v) is 9.84. The molecule has 0 aromatic rings. The minimum absolute atomic E-state index is 0.189. The smallest absolute Gasteiger partial charge is 0.140 e. The van der Waals surface area contributed by atoms with Gasteiger partial charge in [0.05, 0.1) is 0 Å². The van der Waals surface area contributed by atoms with Gasteiger partial charge in [-0.15, -0.1) is 0 Å². The van der Waals surface area contributed by atoms with Crippen LogP contribution < -0.4 is 5.32 Å². The van der Waals surface area contributed by atoms with E-state index in [4.69, 9.17) is 0 Å². The Hall–Kier alpha value is -0.370. The summed E-state index contributed by atoms with van der Waals surface area (Å²) < 4.78 is 0. The molecule has 0 saturated carbocycles. The quantitative estimate of drug-likeness (QED) is 0.747. The predicted molar refractivity (Wildman–Crippen MR) is 59.1 cm³/mol. The van der Waals surface area contributed by atoms with Crippen molar-refractivity contribution in [3.05, 3.63) is 0 Å². The fraction of sp³-hybridized carbons (Fsp3) is 0.917. The van der Waals surface area contributed by atoms with Gasteiger partial charge in [-0.3, -0.25) is 4.79 Å².